The Hall–Kier alpha value is -11.0. The highest BCUT2D eigenvalue weighted by molar-refractivity contribution is 7.90. The fourth-order valence-electron chi connectivity index (χ4n) is 7.79. The van der Waals surface area contributed by atoms with Crippen molar-refractivity contribution < 1.29 is 32.8 Å². The number of phenolic OH excluding ortho intramolecular Hbond substituents is 1. The van der Waals surface area contributed by atoms with E-state index in [1.54, 1.807) is 69.9 Å². The number of halogens is 1. The maximum absolute atomic E-state index is 9.05. The smallest absolute Gasteiger partial charge is 0.260 e. The molecule has 0 aliphatic carbocycles. The van der Waals surface area contributed by atoms with Crippen LogP contribution in [0.1, 0.15) is 74.2 Å². The molecule has 5 aromatic heterocycles. The first-order valence-electron chi connectivity index (χ1n) is 28.1. The zero-order valence-electron chi connectivity index (χ0n) is 49.2. The number of nitrogens with one attached hydrogen (secondary N) is 1. The molecule has 95 heavy (non-hydrogen) atoms. The zero-order chi connectivity index (χ0) is 63.0. The number of aromatic nitrogens is 15. The van der Waals surface area contributed by atoms with Crippen molar-refractivity contribution in [2.24, 2.45) is 5.90 Å². The number of nitrogens with zero attached hydrogens (tertiary/aromatic N) is 14. The van der Waals surface area contributed by atoms with Gasteiger partial charge in [-0.3, -0.25) is 5.10 Å². The summed E-state index contributed by atoms with van der Waals surface area (Å²) in [4.78, 5) is 19.1. The molecule has 0 amide bonds. The molecule has 0 atom stereocenters. The molecule has 25 heteroatoms. The van der Waals surface area contributed by atoms with Gasteiger partial charge in [0, 0.05) is 12.4 Å². The van der Waals surface area contributed by atoms with Crippen molar-refractivity contribution in [1.82, 2.24) is 74.2 Å². The average molecular weight is 1330 g/mol. The Kier molecular flexibility index (Phi) is 36.4. The summed E-state index contributed by atoms with van der Waals surface area (Å²) < 4.78 is 33.7. The molecule has 0 saturated heterocycles. The number of aromatic amines is 1. The third kappa shape index (κ3) is 30.3. The Morgan fingerprint density at radius 1 is 0.400 bits per heavy atom. The van der Waals surface area contributed by atoms with Gasteiger partial charge < -0.3 is 28.1 Å². The molecule has 0 fully saturated rings. The number of ether oxygens (including phenoxy) is 3. The molecule has 13 aromatic rings. The van der Waals surface area contributed by atoms with Gasteiger partial charge in [0.05, 0.1) is 19.6 Å². The summed E-state index contributed by atoms with van der Waals surface area (Å²) in [6, 6.07) is 68.9. The molecule has 0 saturated carbocycles. The highest BCUT2D eigenvalue weighted by Gasteiger charge is 2.03. The van der Waals surface area contributed by atoms with Crippen LogP contribution in [0.15, 0.2) is 276 Å². The van der Waals surface area contributed by atoms with Crippen molar-refractivity contribution in [2.75, 3.05) is 0 Å². The predicted molar refractivity (Wildman–Crippen MR) is 370 cm³/mol. The SMILES string of the molecule is C.C.C.C.ClCc1ccc(OCc2ccccc2)cc1.NOOSOc1ccc(Cn2cncn2)cc1.Oc1ccc(Cn2cncn2)cc1.c1ccc(COc2ccc(Cn3cncn3)cc2)cc1.c1ccc(COc2ccc(Cn3cnnc3)cc2)cc1.c1nc[nH]n1. The largest absolute Gasteiger partial charge is 0.508 e. The number of phenols is 1. The van der Waals surface area contributed by atoms with Crippen LogP contribution in [0.25, 0.3) is 0 Å². The second kappa shape index (κ2) is 45.3. The standard InChI is InChI=1S/2C16H15N3O.C14H13ClO.C9H10N4O3S.C9H9N3O.C2H3N3.4CH4/c1-2-4-15(5-3-1)11-20-16-8-6-14(7-9-16)10-19-12-17-18-13-19;1-2-4-15(5-3-1)11-20-16-8-6-14(7-9-16)10-19-13-17-12-18-19;15-10-12-6-8-14(9-7-12)16-11-13-4-2-1-3-5-13;10-15-16-17-14-9-3-1-8(2-4-9)5-13-7-11-6-12-13;13-9-3-1-8(2-4-9)5-12-7-10-6-11-12;1-3-2-5-4-1;;;;/h2*1-9,12-13H,10-11H2;1-9H,10-11H2;1-4,6-7H,5,10H2;1-4,6-7,13H,5H2;1-2H,(H,3,4,5);4*1H4. The van der Waals surface area contributed by atoms with Crippen LogP contribution in [0.5, 0.6) is 28.7 Å². The van der Waals surface area contributed by atoms with E-state index >= 15 is 0 Å². The number of alkyl halides is 1. The maximum atomic E-state index is 9.05. The third-order valence-corrected chi connectivity index (χ3v) is 13.0. The molecule has 8 aromatic carbocycles. The van der Waals surface area contributed by atoms with Crippen LogP contribution in [0.4, 0.5) is 0 Å². The van der Waals surface area contributed by atoms with Crippen molar-refractivity contribution >= 4 is 23.9 Å². The van der Waals surface area contributed by atoms with E-state index in [1.807, 2.05) is 156 Å². The number of aromatic hydroxyl groups is 1. The highest BCUT2D eigenvalue weighted by atomic mass is 35.5. The van der Waals surface area contributed by atoms with Gasteiger partial charge in [0.25, 0.3) is 12.3 Å². The summed E-state index contributed by atoms with van der Waals surface area (Å²) in [6.45, 7) is 4.61. The molecule has 13 rings (SSSR count). The summed E-state index contributed by atoms with van der Waals surface area (Å²) in [7, 11) is 0. The first kappa shape index (κ1) is 76.4. The molecule has 0 radical (unpaired) electrons. The Morgan fingerprint density at radius 3 is 1.07 bits per heavy atom. The second-order valence-electron chi connectivity index (χ2n) is 19.1. The van der Waals surface area contributed by atoms with Gasteiger partial charge >= 0.3 is 0 Å². The molecule has 0 aliphatic rings. The summed E-state index contributed by atoms with van der Waals surface area (Å²) in [5.41, 5.74) is 9.14. The lowest BCUT2D eigenvalue weighted by atomic mass is 10.2. The molecule has 4 N–H and O–H groups in total. The Bertz CT molecular complexity index is 3720. The maximum Gasteiger partial charge on any atom is 0.260 e. The molecular formula is C70H81ClN16O7S. The van der Waals surface area contributed by atoms with Crippen molar-refractivity contribution in [1.29, 1.82) is 0 Å². The molecule has 5 heterocycles. The fourth-order valence-corrected chi connectivity index (χ4v) is 8.21. The minimum Gasteiger partial charge on any atom is -0.508 e. The lowest BCUT2D eigenvalue weighted by molar-refractivity contribution is -0.199. The topological polar surface area (TPSA) is 266 Å². The minimum absolute atomic E-state index is 0. The predicted octanol–water partition coefficient (Wildman–Crippen LogP) is 14.3. The van der Waals surface area contributed by atoms with Crippen molar-refractivity contribution in [3.05, 3.63) is 320 Å². The van der Waals surface area contributed by atoms with Gasteiger partial charge in [0.2, 0.25) is 0 Å². The van der Waals surface area contributed by atoms with Crippen LogP contribution in [-0.2, 0) is 61.2 Å². The number of hydrogen-bond acceptors (Lipinski definition) is 19. The lowest BCUT2D eigenvalue weighted by Gasteiger charge is -2.07. The average Bonchev–Trinajstić information content (AvgIpc) is 2.27. The van der Waals surface area contributed by atoms with Crippen LogP contribution in [-0.4, -0.2) is 79.3 Å². The Labute approximate surface area is 564 Å². The number of H-pyrrole nitrogens is 1. The van der Waals surface area contributed by atoms with Crippen LogP contribution < -0.4 is 24.3 Å². The minimum atomic E-state index is 0. The Morgan fingerprint density at radius 2 is 0.758 bits per heavy atom. The van der Waals surface area contributed by atoms with E-state index < -0.39 is 0 Å². The van der Waals surface area contributed by atoms with E-state index in [2.05, 4.69) is 107 Å². The quantitative estimate of drug-likeness (QED) is 0.0187. The van der Waals surface area contributed by atoms with E-state index in [0.29, 0.717) is 56.9 Å². The zero-order valence-corrected chi connectivity index (χ0v) is 50.7. The molecule has 0 bridgehead atoms. The molecule has 0 aliphatic heterocycles. The monoisotopic (exact) mass is 1320 g/mol. The summed E-state index contributed by atoms with van der Waals surface area (Å²) in [6.07, 6.45) is 15.9. The summed E-state index contributed by atoms with van der Waals surface area (Å²) in [5.74, 6) is 8.73. The van der Waals surface area contributed by atoms with Crippen molar-refractivity contribution in [2.45, 2.75) is 81.6 Å². The fraction of sp³-hybridized carbons (Fsp3) is 0.171. The van der Waals surface area contributed by atoms with Crippen molar-refractivity contribution in [3.8, 4) is 28.7 Å². The summed E-state index contributed by atoms with van der Waals surface area (Å²) in [5, 5.41) is 34.7. The van der Waals surface area contributed by atoms with Crippen LogP contribution in [0, 0.1) is 0 Å². The van der Waals surface area contributed by atoms with E-state index in [0.717, 1.165) is 47.0 Å². The van der Waals surface area contributed by atoms with Crippen LogP contribution in [0.3, 0.4) is 0 Å². The van der Waals surface area contributed by atoms with Crippen LogP contribution >= 0.6 is 23.9 Å². The first-order valence-corrected chi connectivity index (χ1v) is 29.3. The lowest BCUT2D eigenvalue weighted by Crippen LogP contribution is -2.00. The number of benzene rings is 8. The van der Waals surface area contributed by atoms with Gasteiger partial charge in [0.15, 0.2) is 0 Å². The number of nitrogens with two attached hydrogens (primary N) is 1. The molecular weight excluding hydrogens is 1240 g/mol. The van der Waals surface area contributed by atoms with Gasteiger partial charge in [-0.15, -0.1) is 31.1 Å². The third-order valence-electron chi connectivity index (χ3n) is 12.3. The van der Waals surface area contributed by atoms with E-state index in [9.17, 15) is 0 Å². The normalized spacial score (nSPS) is 9.75. The highest BCUT2D eigenvalue weighted by Crippen LogP contribution is 2.20. The first-order chi connectivity index (χ1) is 44.9. The molecule has 23 nitrogen and oxygen atoms in total. The molecule has 496 valence electrons. The van der Waals surface area contributed by atoms with E-state index in [1.165, 1.54) is 59.5 Å². The number of hydrogen-bond donors (Lipinski definition) is 3. The van der Waals surface area contributed by atoms with Crippen molar-refractivity contribution in [3.63, 3.8) is 0 Å². The van der Waals surface area contributed by atoms with Gasteiger partial charge in [-0.1, -0.05) is 181 Å². The van der Waals surface area contributed by atoms with E-state index in [-0.39, 0.29) is 35.5 Å². The van der Waals surface area contributed by atoms with E-state index in [4.69, 9.17) is 35.1 Å². The second-order valence-corrected chi connectivity index (χ2v) is 19.8. The Balaban J connectivity index is 0.000000247. The number of rotatable bonds is 22. The van der Waals surface area contributed by atoms with Gasteiger partial charge in [-0.05, 0) is 105 Å². The molecule has 0 unspecified atom stereocenters. The van der Waals surface area contributed by atoms with Gasteiger partial charge in [-0.25, -0.2) is 34.0 Å². The van der Waals surface area contributed by atoms with Crippen LogP contribution in [0.2, 0.25) is 0 Å². The summed E-state index contributed by atoms with van der Waals surface area (Å²) >= 11 is 6.35. The van der Waals surface area contributed by atoms with Gasteiger partial charge in [-0.2, -0.15) is 26.3 Å². The molecule has 0 spiro atoms. The van der Waals surface area contributed by atoms with Gasteiger partial charge in [0.1, 0.15) is 112 Å².